The molecule has 2 amide bonds. The number of alkyl carbamates (subject to hydrolysis) is 1. The first-order valence-corrected chi connectivity index (χ1v) is 11.4. The molecule has 11 heteroatoms. The molecular formula is C24H19Cl2N5O4. The van der Waals surface area contributed by atoms with E-state index in [9.17, 15) is 9.59 Å². The van der Waals surface area contributed by atoms with Gasteiger partial charge in [-0.1, -0.05) is 29.3 Å². The number of pyridine rings is 1. The molecule has 4 rings (SSSR count). The molecule has 1 saturated carbocycles. The lowest BCUT2D eigenvalue weighted by Gasteiger charge is -2.12. The molecule has 1 aliphatic rings. The molecule has 9 nitrogen and oxygen atoms in total. The molecule has 1 heterocycles. The number of fused-ring (bicyclic) bond motifs is 1. The average Bonchev–Trinajstić information content (AvgIpc) is 3.67. The third kappa shape index (κ3) is 5.98. The summed E-state index contributed by atoms with van der Waals surface area (Å²) in [6, 6.07) is 14.1. The van der Waals surface area contributed by atoms with Gasteiger partial charge in [0.15, 0.2) is 5.75 Å². The number of anilines is 1. The van der Waals surface area contributed by atoms with Crippen molar-refractivity contribution in [1.29, 1.82) is 5.26 Å². The minimum absolute atomic E-state index is 0.0687. The van der Waals surface area contributed by atoms with Gasteiger partial charge in [-0.2, -0.15) is 10.4 Å². The zero-order valence-corrected chi connectivity index (χ0v) is 20.0. The molecule has 0 saturated heterocycles. The number of halogens is 2. The van der Waals surface area contributed by atoms with Crippen molar-refractivity contribution in [3.05, 3.63) is 58.2 Å². The van der Waals surface area contributed by atoms with E-state index < -0.39 is 17.7 Å². The smallest absolute Gasteiger partial charge is 0.414 e. The third-order valence-electron chi connectivity index (χ3n) is 5.00. The molecule has 178 valence electrons. The highest BCUT2D eigenvalue weighted by atomic mass is 35.5. The van der Waals surface area contributed by atoms with Crippen molar-refractivity contribution in [2.24, 2.45) is 5.10 Å². The molecule has 0 aliphatic heterocycles. The summed E-state index contributed by atoms with van der Waals surface area (Å²) in [5.41, 5.74) is 4.21. The van der Waals surface area contributed by atoms with E-state index in [1.165, 1.54) is 25.0 Å². The van der Waals surface area contributed by atoms with E-state index in [2.05, 4.69) is 15.3 Å². The fourth-order valence-electron chi connectivity index (χ4n) is 3.20. The molecule has 0 unspecified atom stereocenters. The first kappa shape index (κ1) is 24.3. The van der Waals surface area contributed by atoms with E-state index in [1.807, 2.05) is 29.6 Å². The van der Waals surface area contributed by atoms with Crippen LogP contribution in [0.15, 0.2) is 47.6 Å². The number of amides is 2. The van der Waals surface area contributed by atoms with Gasteiger partial charge in [0.2, 0.25) is 5.71 Å². The van der Waals surface area contributed by atoms with Crippen molar-refractivity contribution < 1.29 is 19.1 Å². The Hall–Kier alpha value is -3.87. The van der Waals surface area contributed by atoms with Gasteiger partial charge in [-0.15, -0.1) is 0 Å². The van der Waals surface area contributed by atoms with Crippen LogP contribution in [0, 0.1) is 11.3 Å². The maximum atomic E-state index is 11.9. The van der Waals surface area contributed by atoms with Crippen molar-refractivity contribution in [2.45, 2.75) is 25.7 Å². The topological polar surface area (TPSA) is 126 Å². The summed E-state index contributed by atoms with van der Waals surface area (Å²) in [7, 11) is 0. The molecule has 1 fully saturated rings. The fourth-order valence-corrected chi connectivity index (χ4v) is 3.76. The number of nitrogens with one attached hydrogen (secondary N) is 2. The van der Waals surface area contributed by atoms with Crippen molar-refractivity contribution in [1.82, 2.24) is 10.3 Å². The van der Waals surface area contributed by atoms with Crippen LogP contribution in [-0.2, 0) is 9.53 Å². The van der Waals surface area contributed by atoms with E-state index >= 15 is 0 Å². The maximum absolute atomic E-state index is 11.9. The highest BCUT2D eigenvalue weighted by molar-refractivity contribution is 6.47. The molecule has 2 N–H and O–H groups in total. The number of nitriles is 1. The van der Waals surface area contributed by atoms with Crippen molar-refractivity contribution >= 4 is 57.5 Å². The minimum Gasteiger partial charge on any atom is -0.454 e. The number of imide groups is 1. The van der Waals surface area contributed by atoms with Crippen LogP contribution in [-0.4, -0.2) is 29.3 Å². The van der Waals surface area contributed by atoms with E-state index in [0.717, 1.165) is 16.6 Å². The van der Waals surface area contributed by atoms with E-state index in [0.29, 0.717) is 17.4 Å². The lowest BCUT2D eigenvalue weighted by Crippen LogP contribution is -2.36. The van der Waals surface area contributed by atoms with Crippen LogP contribution >= 0.6 is 23.2 Å². The number of benzene rings is 2. The Morgan fingerprint density at radius 2 is 1.91 bits per heavy atom. The highest BCUT2D eigenvalue weighted by Gasteiger charge is 2.25. The number of hydrogen-bond acceptors (Lipinski definition) is 8. The predicted octanol–water partition coefficient (Wildman–Crippen LogP) is 5.78. The number of hydrazone groups is 1. The average molecular weight is 512 g/mol. The van der Waals surface area contributed by atoms with Crippen LogP contribution in [0.25, 0.3) is 10.9 Å². The van der Waals surface area contributed by atoms with Crippen LogP contribution < -0.4 is 15.5 Å². The summed E-state index contributed by atoms with van der Waals surface area (Å²) in [6.07, 6.45) is 1.39. The zero-order chi connectivity index (χ0) is 24.9. The number of carbonyl (C=O) groups is 2. The van der Waals surface area contributed by atoms with Crippen LogP contribution in [0.3, 0.4) is 0 Å². The molecule has 0 spiro atoms. The molecule has 0 radical (unpaired) electrons. The van der Waals surface area contributed by atoms with Gasteiger partial charge in [0.05, 0.1) is 27.9 Å². The Labute approximate surface area is 210 Å². The second-order valence-electron chi connectivity index (χ2n) is 7.59. The minimum atomic E-state index is -1.02. The number of ether oxygens (including phenoxy) is 2. The standard InChI is InChI=1S/C24H19Cl2N5O4/c1-2-34-24(33)29-23(32)21(12-27)31-30-15-10-17(25)22(18(26)11-15)35-16-6-8-20-14(9-16)5-7-19(28-20)13-3-4-13/h5-11,13,30H,2-4H2,1H3,(H,29,32,33). The fraction of sp³-hybridized carbons (Fsp3) is 0.208. The maximum Gasteiger partial charge on any atom is 0.414 e. The number of aromatic nitrogens is 1. The van der Waals surface area contributed by atoms with Gasteiger partial charge in [0, 0.05) is 17.0 Å². The van der Waals surface area contributed by atoms with Crippen molar-refractivity contribution in [3.63, 3.8) is 0 Å². The summed E-state index contributed by atoms with van der Waals surface area (Å²) in [5, 5.41) is 16.0. The molecule has 1 aliphatic carbocycles. The number of nitrogens with zero attached hydrogens (tertiary/aromatic N) is 3. The second kappa shape index (κ2) is 10.6. The van der Waals surface area contributed by atoms with Gasteiger partial charge in [0.25, 0.3) is 5.91 Å². The Kier molecular flexibility index (Phi) is 7.34. The molecule has 3 aromatic rings. The molecule has 1 aromatic heterocycles. The van der Waals surface area contributed by atoms with Gasteiger partial charge in [0.1, 0.15) is 11.8 Å². The molecule has 35 heavy (non-hydrogen) atoms. The second-order valence-corrected chi connectivity index (χ2v) is 8.41. The quantitative estimate of drug-likeness (QED) is 0.304. The van der Waals surface area contributed by atoms with E-state index in [1.54, 1.807) is 19.1 Å². The lowest BCUT2D eigenvalue weighted by molar-refractivity contribution is -0.114. The monoisotopic (exact) mass is 511 g/mol. The van der Waals surface area contributed by atoms with Crippen molar-refractivity contribution in [2.75, 3.05) is 12.0 Å². The predicted molar refractivity (Wildman–Crippen MR) is 132 cm³/mol. The van der Waals surface area contributed by atoms with E-state index in [-0.39, 0.29) is 22.4 Å². The summed E-state index contributed by atoms with van der Waals surface area (Å²) in [6.45, 7) is 1.65. The zero-order valence-electron chi connectivity index (χ0n) is 18.5. The lowest BCUT2D eigenvalue weighted by atomic mass is 10.1. The van der Waals surface area contributed by atoms with Gasteiger partial charge in [-0.05, 0) is 56.2 Å². The normalized spacial score (nSPS) is 13.1. The van der Waals surface area contributed by atoms with Crippen LogP contribution in [0.5, 0.6) is 11.5 Å². The first-order valence-electron chi connectivity index (χ1n) is 10.7. The Morgan fingerprint density at radius 3 is 2.57 bits per heavy atom. The number of rotatable bonds is 7. The molecule has 0 bridgehead atoms. The van der Waals surface area contributed by atoms with Crippen molar-refractivity contribution in [3.8, 4) is 17.6 Å². The largest absolute Gasteiger partial charge is 0.454 e. The molecular weight excluding hydrogens is 493 g/mol. The Morgan fingerprint density at radius 1 is 1.17 bits per heavy atom. The molecule has 2 aromatic carbocycles. The summed E-state index contributed by atoms with van der Waals surface area (Å²) in [4.78, 5) is 28.0. The van der Waals surface area contributed by atoms with E-state index in [4.69, 9.17) is 38.2 Å². The third-order valence-corrected chi connectivity index (χ3v) is 5.57. The SMILES string of the molecule is CCOC(=O)NC(=O)C(C#N)=NNc1cc(Cl)c(Oc2ccc3nc(C4CC4)ccc3c2)c(Cl)c1. The highest BCUT2D eigenvalue weighted by Crippen LogP contribution is 2.41. The Bertz CT molecular complexity index is 1360. The number of hydrogen-bond donors (Lipinski definition) is 2. The van der Waals surface area contributed by atoms with Crippen LogP contribution in [0.2, 0.25) is 10.0 Å². The Balaban J connectivity index is 1.48. The van der Waals surface area contributed by atoms with Gasteiger partial charge in [-0.25, -0.2) is 4.79 Å². The summed E-state index contributed by atoms with van der Waals surface area (Å²) >= 11 is 12.7. The number of carbonyl (C=O) groups excluding carboxylic acids is 2. The van der Waals surface area contributed by atoms with Crippen LogP contribution in [0.4, 0.5) is 10.5 Å². The first-order chi connectivity index (χ1) is 16.9. The van der Waals surface area contributed by atoms with Crippen LogP contribution in [0.1, 0.15) is 31.4 Å². The summed E-state index contributed by atoms with van der Waals surface area (Å²) < 4.78 is 10.5. The van der Waals surface area contributed by atoms with Gasteiger partial charge >= 0.3 is 6.09 Å². The van der Waals surface area contributed by atoms with Gasteiger partial charge < -0.3 is 9.47 Å². The summed E-state index contributed by atoms with van der Waals surface area (Å²) in [5.74, 6) is 0.306. The van der Waals surface area contributed by atoms with Gasteiger partial charge in [-0.3, -0.25) is 20.5 Å². The molecule has 0 atom stereocenters.